The van der Waals surface area contributed by atoms with Crippen LogP contribution in [0.4, 0.5) is 0 Å². The largest absolute Gasteiger partial charge is 0.339 e. The zero-order chi connectivity index (χ0) is 16.4. The van der Waals surface area contributed by atoms with Gasteiger partial charge in [-0.05, 0) is 51.3 Å². The number of nitrogens with one attached hydrogen (secondary N) is 1. The molecule has 0 fully saturated rings. The summed E-state index contributed by atoms with van der Waals surface area (Å²) in [5, 5.41) is 5.65. The number of carbonyl (C=O) groups excluding carboxylic acids is 2. The molecular formula is C17H16INO2S. The molecule has 0 radical (unpaired) electrons. The molecule has 0 aromatic heterocycles. The normalized spacial score (nSPS) is 10.0. The molecule has 0 heterocycles. The minimum Gasteiger partial charge on any atom is -0.339 e. The summed E-state index contributed by atoms with van der Waals surface area (Å²) in [5.74, 6) is 2.64. The molecule has 1 N–H and O–H groups in total. The standard InChI is InChI=1S/C17H16INO2S/c1-3-10-17(13-20,11-4-2)19-16(21)15-7-5-14(6-8-15)9-12-22-18/h3-8,13H,1-2,10-11H2,(H,19,21). The lowest BCUT2D eigenvalue weighted by Crippen LogP contribution is -2.49. The summed E-state index contributed by atoms with van der Waals surface area (Å²) in [5.41, 5.74) is 0.322. The van der Waals surface area contributed by atoms with Crippen molar-refractivity contribution in [1.29, 1.82) is 0 Å². The molecule has 3 nitrogen and oxygen atoms in total. The number of carbonyl (C=O) groups is 2. The van der Waals surface area contributed by atoms with E-state index >= 15 is 0 Å². The van der Waals surface area contributed by atoms with Crippen molar-refractivity contribution in [1.82, 2.24) is 5.32 Å². The molecule has 0 bridgehead atoms. The lowest BCUT2D eigenvalue weighted by atomic mass is 9.92. The highest BCUT2D eigenvalue weighted by Gasteiger charge is 2.29. The van der Waals surface area contributed by atoms with Crippen LogP contribution in [0.5, 0.6) is 0 Å². The van der Waals surface area contributed by atoms with E-state index in [9.17, 15) is 9.59 Å². The van der Waals surface area contributed by atoms with Gasteiger partial charge in [0.1, 0.15) is 11.8 Å². The van der Waals surface area contributed by atoms with Crippen LogP contribution >= 0.6 is 30.1 Å². The van der Waals surface area contributed by atoms with E-state index in [2.05, 4.69) is 50.9 Å². The van der Waals surface area contributed by atoms with Crippen molar-refractivity contribution in [3.63, 3.8) is 0 Å². The van der Waals surface area contributed by atoms with Crippen molar-refractivity contribution in [3.05, 3.63) is 60.7 Å². The number of rotatable bonds is 7. The SMILES string of the molecule is C=CCC(C=O)(CC=C)NC(=O)c1ccc(C#CSI)cc1. The summed E-state index contributed by atoms with van der Waals surface area (Å²) in [7, 11) is 1.40. The second-order valence-electron chi connectivity index (χ2n) is 4.60. The smallest absolute Gasteiger partial charge is 0.252 e. The monoisotopic (exact) mass is 425 g/mol. The summed E-state index contributed by atoms with van der Waals surface area (Å²) >= 11 is 2.10. The minimum atomic E-state index is -0.989. The minimum absolute atomic E-state index is 0.307. The third-order valence-corrected chi connectivity index (χ3v) is 3.83. The fourth-order valence-electron chi connectivity index (χ4n) is 1.91. The van der Waals surface area contributed by atoms with Gasteiger partial charge in [-0.15, -0.1) is 13.2 Å². The zero-order valence-electron chi connectivity index (χ0n) is 12.0. The molecule has 114 valence electrons. The Morgan fingerprint density at radius 3 is 2.32 bits per heavy atom. The average molecular weight is 425 g/mol. The highest BCUT2D eigenvalue weighted by molar-refractivity contribution is 14.2. The number of aldehydes is 1. The van der Waals surface area contributed by atoms with Crippen LogP contribution in [0, 0.1) is 11.2 Å². The van der Waals surface area contributed by atoms with Crippen molar-refractivity contribution >= 4 is 42.3 Å². The Hall–Kier alpha value is -1.52. The predicted octanol–water partition coefficient (Wildman–Crippen LogP) is 3.90. The van der Waals surface area contributed by atoms with Crippen molar-refractivity contribution < 1.29 is 9.59 Å². The number of benzene rings is 1. The van der Waals surface area contributed by atoms with Crippen molar-refractivity contribution in [3.8, 4) is 11.2 Å². The third-order valence-electron chi connectivity index (χ3n) is 2.99. The molecule has 0 atom stereocenters. The van der Waals surface area contributed by atoms with Gasteiger partial charge in [0.05, 0.1) is 0 Å². The first-order valence-electron chi connectivity index (χ1n) is 6.50. The first-order chi connectivity index (χ1) is 10.6. The molecule has 1 aromatic rings. The van der Waals surface area contributed by atoms with E-state index in [-0.39, 0.29) is 5.91 Å². The Kier molecular flexibility index (Phi) is 7.99. The fourth-order valence-corrected chi connectivity index (χ4v) is 2.39. The van der Waals surface area contributed by atoms with Crippen LogP contribution in [0.25, 0.3) is 0 Å². The number of amides is 1. The summed E-state index contributed by atoms with van der Waals surface area (Å²) in [6, 6.07) is 6.93. The molecule has 0 spiro atoms. The topological polar surface area (TPSA) is 46.2 Å². The molecule has 5 heteroatoms. The van der Waals surface area contributed by atoms with Gasteiger partial charge >= 0.3 is 0 Å². The van der Waals surface area contributed by atoms with E-state index in [4.69, 9.17) is 0 Å². The Bertz CT molecular complexity index is 604. The predicted molar refractivity (Wildman–Crippen MR) is 101 cm³/mol. The summed E-state index contributed by atoms with van der Waals surface area (Å²) in [4.78, 5) is 23.7. The maximum Gasteiger partial charge on any atom is 0.252 e. The van der Waals surface area contributed by atoms with Crippen molar-refractivity contribution in [2.24, 2.45) is 0 Å². The molecule has 0 saturated heterocycles. The van der Waals surface area contributed by atoms with Crippen LogP contribution in [0.2, 0.25) is 0 Å². The van der Waals surface area contributed by atoms with E-state index in [0.717, 1.165) is 11.8 Å². The summed E-state index contributed by atoms with van der Waals surface area (Å²) in [6.45, 7) is 7.27. The molecule has 22 heavy (non-hydrogen) atoms. The van der Waals surface area contributed by atoms with Gasteiger partial charge in [-0.1, -0.05) is 18.1 Å². The molecule has 0 aliphatic rings. The van der Waals surface area contributed by atoms with Crippen molar-refractivity contribution in [2.45, 2.75) is 18.4 Å². The molecule has 0 aliphatic carbocycles. The summed E-state index contributed by atoms with van der Waals surface area (Å²) in [6.07, 6.45) is 4.66. The van der Waals surface area contributed by atoms with Gasteiger partial charge < -0.3 is 10.1 Å². The van der Waals surface area contributed by atoms with E-state index < -0.39 is 5.54 Å². The number of hydrogen-bond acceptors (Lipinski definition) is 3. The average Bonchev–Trinajstić information content (AvgIpc) is 2.53. The molecule has 0 unspecified atom stereocenters. The molecule has 1 aromatic carbocycles. The van der Waals surface area contributed by atoms with Gasteiger partial charge in [-0.25, -0.2) is 0 Å². The molecule has 0 saturated carbocycles. The van der Waals surface area contributed by atoms with Crippen LogP contribution in [-0.2, 0) is 4.79 Å². The van der Waals surface area contributed by atoms with Gasteiger partial charge in [0.2, 0.25) is 0 Å². The van der Waals surface area contributed by atoms with Gasteiger partial charge in [0.25, 0.3) is 5.91 Å². The Balaban J connectivity index is 2.92. The zero-order valence-corrected chi connectivity index (χ0v) is 14.9. The fraction of sp³-hybridized carbons (Fsp3) is 0.176. The highest BCUT2D eigenvalue weighted by Crippen LogP contribution is 2.16. The second kappa shape index (κ2) is 9.49. The van der Waals surface area contributed by atoms with Crippen LogP contribution in [-0.4, -0.2) is 17.7 Å². The Morgan fingerprint density at radius 1 is 1.27 bits per heavy atom. The molecule has 0 aliphatic heterocycles. The second-order valence-corrected chi connectivity index (χ2v) is 6.27. The van der Waals surface area contributed by atoms with Gasteiger partial charge in [0, 0.05) is 32.3 Å². The van der Waals surface area contributed by atoms with Crippen molar-refractivity contribution in [2.75, 3.05) is 0 Å². The van der Waals surface area contributed by atoms with Crippen LogP contribution in [0.1, 0.15) is 28.8 Å². The van der Waals surface area contributed by atoms with Gasteiger partial charge in [0.15, 0.2) is 0 Å². The van der Waals surface area contributed by atoms with Gasteiger partial charge in [-0.2, -0.15) is 0 Å². The molecule has 1 rings (SSSR count). The lowest BCUT2D eigenvalue weighted by molar-refractivity contribution is -0.113. The number of hydrogen-bond donors (Lipinski definition) is 1. The first kappa shape index (κ1) is 18.5. The highest BCUT2D eigenvalue weighted by atomic mass is 127. The lowest BCUT2D eigenvalue weighted by Gasteiger charge is -2.27. The summed E-state index contributed by atoms with van der Waals surface area (Å²) < 4.78 is 0. The molecule has 1 amide bonds. The maximum absolute atomic E-state index is 12.3. The maximum atomic E-state index is 12.3. The van der Waals surface area contributed by atoms with E-state index in [1.54, 1.807) is 36.4 Å². The quantitative estimate of drug-likeness (QED) is 0.312. The van der Waals surface area contributed by atoms with E-state index in [1.165, 1.54) is 8.93 Å². The number of halogens is 1. The third kappa shape index (κ3) is 5.35. The van der Waals surface area contributed by atoms with Gasteiger partial charge in [-0.3, -0.25) is 4.79 Å². The van der Waals surface area contributed by atoms with E-state index in [0.29, 0.717) is 18.4 Å². The molecular weight excluding hydrogens is 409 g/mol. The Morgan fingerprint density at radius 2 is 1.86 bits per heavy atom. The Labute approximate surface area is 147 Å². The van der Waals surface area contributed by atoms with Crippen LogP contribution in [0.3, 0.4) is 0 Å². The first-order valence-corrected chi connectivity index (χ1v) is 9.86. The van der Waals surface area contributed by atoms with Crippen LogP contribution < -0.4 is 5.32 Å². The van der Waals surface area contributed by atoms with E-state index in [1.807, 2.05) is 0 Å². The van der Waals surface area contributed by atoms with Crippen LogP contribution in [0.15, 0.2) is 49.6 Å².